The first-order valence-corrected chi connectivity index (χ1v) is 5.98. The lowest BCUT2D eigenvalue weighted by Crippen LogP contribution is -2.29. The fourth-order valence-corrected chi connectivity index (χ4v) is 3.21. The minimum Gasteiger partial charge on any atom is -0.423 e. The molecule has 2 rings (SSSR count). The van der Waals surface area contributed by atoms with Crippen LogP contribution in [0.5, 0.6) is 0 Å². The highest BCUT2D eigenvalue weighted by molar-refractivity contribution is 7.90. The number of rotatable bonds is 1. The molecule has 1 aliphatic rings. The maximum absolute atomic E-state index is 11.2. The van der Waals surface area contributed by atoms with Gasteiger partial charge in [0.05, 0.1) is 11.5 Å². The largest absolute Gasteiger partial charge is 0.488 e. The number of sulfone groups is 1. The molecule has 6 heteroatoms. The molecule has 0 aliphatic carbocycles. The Morgan fingerprint density at radius 3 is 2.43 bits per heavy atom. The molecule has 1 heterocycles. The lowest BCUT2D eigenvalue weighted by molar-refractivity contribution is 0.425. The van der Waals surface area contributed by atoms with Crippen LogP contribution in [0.15, 0.2) is 18.2 Å². The SMILES string of the molecule is O=S1(=O)Cc2ccc(B(O)O)cc2C1. The molecule has 0 spiro atoms. The molecule has 1 aromatic rings. The molecule has 0 amide bonds. The molecule has 4 nitrogen and oxygen atoms in total. The van der Waals surface area contributed by atoms with Gasteiger partial charge in [-0.05, 0) is 16.6 Å². The summed E-state index contributed by atoms with van der Waals surface area (Å²) in [5.74, 6) is 0.0625. The van der Waals surface area contributed by atoms with Crippen molar-refractivity contribution in [3.05, 3.63) is 29.3 Å². The summed E-state index contributed by atoms with van der Waals surface area (Å²) in [6.45, 7) is 0. The predicted octanol–water partition coefficient (Wildman–Crippen LogP) is -1.21. The average molecular weight is 212 g/mol. The second-order valence-electron chi connectivity index (χ2n) is 3.43. The van der Waals surface area contributed by atoms with Crippen LogP contribution in [0.1, 0.15) is 11.1 Å². The van der Waals surface area contributed by atoms with Crippen molar-refractivity contribution in [2.45, 2.75) is 11.5 Å². The van der Waals surface area contributed by atoms with Gasteiger partial charge in [-0.2, -0.15) is 0 Å². The molecule has 74 valence electrons. The van der Waals surface area contributed by atoms with Crippen LogP contribution >= 0.6 is 0 Å². The van der Waals surface area contributed by atoms with Gasteiger partial charge >= 0.3 is 7.12 Å². The van der Waals surface area contributed by atoms with Crippen molar-refractivity contribution in [3.8, 4) is 0 Å². The highest BCUT2D eigenvalue weighted by atomic mass is 32.2. The Hall–Kier alpha value is -0.845. The fourth-order valence-electron chi connectivity index (χ4n) is 1.61. The van der Waals surface area contributed by atoms with Crippen molar-refractivity contribution in [2.75, 3.05) is 0 Å². The summed E-state index contributed by atoms with van der Waals surface area (Å²) >= 11 is 0. The average Bonchev–Trinajstić information content (AvgIpc) is 2.36. The summed E-state index contributed by atoms with van der Waals surface area (Å²) in [5.41, 5.74) is 1.77. The Balaban J connectivity index is 2.45. The number of hydrogen-bond acceptors (Lipinski definition) is 4. The maximum atomic E-state index is 11.2. The van der Waals surface area contributed by atoms with Crippen molar-refractivity contribution in [1.29, 1.82) is 0 Å². The third kappa shape index (κ3) is 1.68. The highest BCUT2D eigenvalue weighted by Gasteiger charge is 2.25. The molecule has 2 N–H and O–H groups in total. The Bertz CT molecular complexity index is 466. The second-order valence-corrected chi connectivity index (χ2v) is 5.50. The predicted molar refractivity (Wildman–Crippen MR) is 52.6 cm³/mol. The van der Waals surface area contributed by atoms with Crippen LogP contribution in [0.3, 0.4) is 0 Å². The minimum absolute atomic E-state index is 0.00287. The van der Waals surface area contributed by atoms with Crippen LogP contribution in [0.2, 0.25) is 0 Å². The van der Waals surface area contributed by atoms with E-state index in [9.17, 15) is 8.42 Å². The zero-order chi connectivity index (χ0) is 10.3. The molecule has 0 saturated carbocycles. The first-order valence-electron chi connectivity index (χ1n) is 4.16. The van der Waals surface area contributed by atoms with E-state index in [4.69, 9.17) is 10.0 Å². The van der Waals surface area contributed by atoms with Gasteiger partial charge in [0.2, 0.25) is 0 Å². The molecule has 0 fully saturated rings. The van der Waals surface area contributed by atoms with Gasteiger partial charge in [-0.15, -0.1) is 0 Å². The fraction of sp³-hybridized carbons (Fsp3) is 0.250. The minimum atomic E-state index is -3.01. The molecule has 1 aromatic carbocycles. The summed E-state index contributed by atoms with van der Waals surface area (Å²) in [5, 5.41) is 17.8. The van der Waals surface area contributed by atoms with E-state index in [-0.39, 0.29) is 11.5 Å². The third-order valence-corrected chi connectivity index (χ3v) is 3.78. The summed E-state index contributed by atoms with van der Waals surface area (Å²) in [4.78, 5) is 0. The summed E-state index contributed by atoms with van der Waals surface area (Å²) in [6, 6.07) is 4.70. The van der Waals surface area contributed by atoms with Gasteiger partial charge in [0.15, 0.2) is 9.84 Å². The molecule has 0 unspecified atom stereocenters. The van der Waals surface area contributed by atoms with Gasteiger partial charge in [0.25, 0.3) is 0 Å². The van der Waals surface area contributed by atoms with Crippen molar-refractivity contribution in [2.24, 2.45) is 0 Å². The van der Waals surface area contributed by atoms with Gasteiger partial charge in [-0.25, -0.2) is 8.42 Å². The van der Waals surface area contributed by atoms with Crippen molar-refractivity contribution >= 4 is 22.4 Å². The van der Waals surface area contributed by atoms with Crippen molar-refractivity contribution in [3.63, 3.8) is 0 Å². The van der Waals surface area contributed by atoms with E-state index in [1.54, 1.807) is 6.07 Å². The summed E-state index contributed by atoms with van der Waals surface area (Å²) < 4.78 is 22.5. The molecular formula is C8H9BO4S. The number of benzene rings is 1. The standard InChI is InChI=1S/C8H9BO4S/c10-9(11)8-2-1-6-4-14(12,13)5-7(6)3-8/h1-3,10-11H,4-5H2. The lowest BCUT2D eigenvalue weighted by Gasteiger charge is -2.01. The van der Waals surface area contributed by atoms with Crippen LogP contribution in [0.4, 0.5) is 0 Å². The van der Waals surface area contributed by atoms with Crippen molar-refractivity contribution in [1.82, 2.24) is 0 Å². The van der Waals surface area contributed by atoms with Gasteiger partial charge in [-0.3, -0.25) is 0 Å². The molecule has 0 saturated heterocycles. The molecule has 0 aromatic heterocycles. The molecule has 0 radical (unpaired) electrons. The second kappa shape index (κ2) is 3.08. The summed E-state index contributed by atoms with van der Waals surface area (Å²) in [6.07, 6.45) is 0. The van der Waals surface area contributed by atoms with E-state index in [1.165, 1.54) is 12.1 Å². The Morgan fingerprint density at radius 1 is 1.14 bits per heavy atom. The zero-order valence-corrected chi connectivity index (χ0v) is 8.16. The third-order valence-electron chi connectivity index (χ3n) is 2.28. The van der Waals surface area contributed by atoms with E-state index in [0.29, 0.717) is 11.0 Å². The lowest BCUT2D eigenvalue weighted by atomic mass is 9.79. The Kier molecular flexibility index (Phi) is 2.13. The summed E-state index contributed by atoms with van der Waals surface area (Å²) in [7, 11) is -4.55. The van der Waals surface area contributed by atoms with E-state index in [2.05, 4.69) is 0 Å². The van der Waals surface area contributed by atoms with Crippen LogP contribution in [0.25, 0.3) is 0 Å². The maximum Gasteiger partial charge on any atom is 0.488 e. The van der Waals surface area contributed by atoms with E-state index < -0.39 is 17.0 Å². The van der Waals surface area contributed by atoms with Crippen LogP contribution in [-0.4, -0.2) is 25.6 Å². The first-order chi connectivity index (χ1) is 6.48. The molecule has 1 aliphatic heterocycles. The van der Waals surface area contributed by atoms with E-state index >= 15 is 0 Å². The van der Waals surface area contributed by atoms with E-state index in [1.807, 2.05) is 0 Å². The molecule has 14 heavy (non-hydrogen) atoms. The normalized spacial score (nSPS) is 17.9. The van der Waals surface area contributed by atoms with Crippen molar-refractivity contribution < 1.29 is 18.5 Å². The first kappa shape index (κ1) is 9.70. The molecule has 0 bridgehead atoms. The van der Waals surface area contributed by atoms with Crippen LogP contribution in [0, 0.1) is 0 Å². The number of fused-ring (bicyclic) bond motifs is 1. The highest BCUT2D eigenvalue weighted by Crippen LogP contribution is 2.23. The Morgan fingerprint density at radius 2 is 1.79 bits per heavy atom. The topological polar surface area (TPSA) is 74.6 Å². The van der Waals surface area contributed by atoms with Crippen LogP contribution < -0.4 is 5.46 Å². The Labute approximate surface area is 82.3 Å². The van der Waals surface area contributed by atoms with Gasteiger partial charge in [-0.1, -0.05) is 18.2 Å². The quantitative estimate of drug-likeness (QED) is 0.573. The zero-order valence-electron chi connectivity index (χ0n) is 7.34. The van der Waals surface area contributed by atoms with Gasteiger partial charge in [0, 0.05) is 0 Å². The van der Waals surface area contributed by atoms with Gasteiger partial charge < -0.3 is 10.0 Å². The number of hydrogen-bond donors (Lipinski definition) is 2. The van der Waals surface area contributed by atoms with Crippen LogP contribution in [-0.2, 0) is 21.3 Å². The smallest absolute Gasteiger partial charge is 0.423 e. The van der Waals surface area contributed by atoms with E-state index in [0.717, 1.165) is 5.56 Å². The monoisotopic (exact) mass is 212 g/mol. The van der Waals surface area contributed by atoms with Gasteiger partial charge in [0.1, 0.15) is 0 Å². The molecular weight excluding hydrogens is 203 g/mol. The molecule has 0 atom stereocenters.